The molecule has 3 aromatic heterocycles. The summed E-state index contributed by atoms with van der Waals surface area (Å²) in [5.74, 6) is 1.32. The van der Waals surface area contributed by atoms with Gasteiger partial charge in [0.15, 0.2) is 5.65 Å². The second-order valence-corrected chi connectivity index (χ2v) is 9.77. The summed E-state index contributed by atoms with van der Waals surface area (Å²) in [6.07, 6.45) is 6.66. The van der Waals surface area contributed by atoms with Crippen LogP contribution in [-0.2, 0) is 6.54 Å². The topological polar surface area (TPSA) is 130 Å². The highest BCUT2D eigenvalue weighted by Crippen LogP contribution is 2.29. The summed E-state index contributed by atoms with van der Waals surface area (Å²) in [5, 5.41) is 21.5. The molecular formula is C28H34N8O3. The van der Waals surface area contributed by atoms with Crippen molar-refractivity contribution in [3.63, 3.8) is 0 Å². The number of ether oxygens (including phenoxy) is 1. The molecule has 1 aromatic carbocycles. The molecule has 0 aliphatic carbocycles. The molecule has 0 bridgehead atoms. The molecule has 5 rings (SSSR count). The van der Waals surface area contributed by atoms with E-state index in [-0.39, 0.29) is 18.1 Å². The highest BCUT2D eigenvalue weighted by molar-refractivity contribution is 5.94. The van der Waals surface area contributed by atoms with Crippen LogP contribution in [0.15, 0.2) is 49.1 Å². The van der Waals surface area contributed by atoms with Crippen molar-refractivity contribution in [3.8, 4) is 17.0 Å². The van der Waals surface area contributed by atoms with Crippen LogP contribution >= 0.6 is 0 Å². The van der Waals surface area contributed by atoms with Crippen LogP contribution in [0, 0.1) is 0 Å². The molecule has 1 amide bonds. The van der Waals surface area contributed by atoms with Gasteiger partial charge in [0.25, 0.3) is 5.91 Å². The van der Waals surface area contributed by atoms with Gasteiger partial charge in [0.1, 0.15) is 24.1 Å². The summed E-state index contributed by atoms with van der Waals surface area (Å²) in [6, 6.07) is 9.42. The van der Waals surface area contributed by atoms with E-state index in [2.05, 4.69) is 42.5 Å². The summed E-state index contributed by atoms with van der Waals surface area (Å²) in [5.41, 5.74) is 4.00. The lowest BCUT2D eigenvalue weighted by atomic mass is 9.98. The molecule has 1 fully saturated rings. The number of carbonyl (C=O) groups is 1. The Morgan fingerprint density at radius 2 is 2.05 bits per heavy atom. The Hall–Kier alpha value is -4.09. The number of hydrogen-bond donors (Lipinski definition) is 3. The van der Waals surface area contributed by atoms with E-state index in [1.165, 1.54) is 6.33 Å². The SMILES string of the molecule is CNC(=O)c1ccc(C(C)CNc2cc(-c3cnc4c(cnn4CCN4CCCC4O)c3)ncn2)c(OC)c1. The number of benzene rings is 1. The van der Waals surface area contributed by atoms with Crippen LogP contribution in [-0.4, -0.2) is 80.7 Å². The fourth-order valence-electron chi connectivity index (χ4n) is 4.95. The Morgan fingerprint density at radius 1 is 1.18 bits per heavy atom. The van der Waals surface area contributed by atoms with E-state index in [1.807, 2.05) is 29.1 Å². The van der Waals surface area contributed by atoms with Gasteiger partial charge in [-0.05, 0) is 36.6 Å². The van der Waals surface area contributed by atoms with Crippen LogP contribution in [0.25, 0.3) is 22.3 Å². The molecule has 1 aliphatic rings. The van der Waals surface area contributed by atoms with Crippen molar-refractivity contribution in [2.75, 3.05) is 39.1 Å². The number of methoxy groups -OCH3 is 1. The Morgan fingerprint density at radius 3 is 2.82 bits per heavy atom. The average Bonchev–Trinajstić information content (AvgIpc) is 3.58. The third kappa shape index (κ3) is 5.84. The molecule has 0 saturated carbocycles. The summed E-state index contributed by atoms with van der Waals surface area (Å²) in [7, 11) is 3.21. The largest absolute Gasteiger partial charge is 0.496 e. The molecule has 204 valence electrons. The van der Waals surface area contributed by atoms with Gasteiger partial charge in [-0.15, -0.1) is 0 Å². The lowest BCUT2D eigenvalue weighted by molar-refractivity contribution is 0.0357. The van der Waals surface area contributed by atoms with Gasteiger partial charge in [-0.2, -0.15) is 5.10 Å². The summed E-state index contributed by atoms with van der Waals surface area (Å²) >= 11 is 0. The number of amides is 1. The number of aliphatic hydroxyl groups is 1. The smallest absolute Gasteiger partial charge is 0.251 e. The monoisotopic (exact) mass is 530 g/mol. The van der Waals surface area contributed by atoms with E-state index in [9.17, 15) is 9.90 Å². The van der Waals surface area contributed by atoms with Gasteiger partial charge in [-0.3, -0.25) is 9.69 Å². The number of aliphatic hydroxyl groups excluding tert-OH is 1. The van der Waals surface area contributed by atoms with E-state index in [0.717, 1.165) is 53.8 Å². The van der Waals surface area contributed by atoms with Gasteiger partial charge in [0.2, 0.25) is 0 Å². The van der Waals surface area contributed by atoms with Gasteiger partial charge >= 0.3 is 0 Å². The molecule has 2 atom stereocenters. The highest BCUT2D eigenvalue weighted by atomic mass is 16.5. The second-order valence-electron chi connectivity index (χ2n) is 9.77. The molecule has 11 nitrogen and oxygen atoms in total. The minimum absolute atomic E-state index is 0.0997. The Labute approximate surface area is 227 Å². The zero-order valence-corrected chi connectivity index (χ0v) is 22.5. The van der Waals surface area contributed by atoms with Crippen molar-refractivity contribution in [2.45, 2.75) is 38.5 Å². The number of likely N-dealkylation sites (tertiary alicyclic amines) is 1. The number of pyridine rings is 1. The van der Waals surface area contributed by atoms with Crippen LogP contribution in [0.2, 0.25) is 0 Å². The molecule has 4 heterocycles. The van der Waals surface area contributed by atoms with Gasteiger partial charge < -0.3 is 20.5 Å². The van der Waals surface area contributed by atoms with E-state index < -0.39 is 0 Å². The third-order valence-corrected chi connectivity index (χ3v) is 7.21. The summed E-state index contributed by atoms with van der Waals surface area (Å²) < 4.78 is 7.44. The third-order valence-electron chi connectivity index (χ3n) is 7.21. The van der Waals surface area contributed by atoms with Crippen molar-refractivity contribution in [1.29, 1.82) is 0 Å². The number of nitrogens with one attached hydrogen (secondary N) is 2. The second kappa shape index (κ2) is 11.7. The maximum Gasteiger partial charge on any atom is 0.251 e. The van der Waals surface area contributed by atoms with Crippen molar-refractivity contribution in [1.82, 2.24) is 34.9 Å². The average molecular weight is 531 g/mol. The molecule has 3 N–H and O–H groups in total. The van der Waals surface area contributed by atoms with Crippen molar-refractivity contribution < 1.29 is 14.6 Å². The van der Waals surface area contributed by atoms with Crippen LogP contribution in [0.3, 0.4) is 0 Å². The predicted molar refractivity (Wildman–Crippen MR) is 149 cm³/mol. The van der Waals surface area contributed by atoms with Crippen molar-refractivity contribution >= 4 is 22.8 Å². The highest BCUT2D eigenvalue weighted by Gasteiger charge is 2.22. The first-order valence-corrected chi connectivity index (χ1v) is 13.2. The molecule has 2 unspecified atom stereocenters. The molecule has 0 spiro atoms. The summed E-state index contributed by atoms with van der Waals surface area (Å²) in [4.78, 5) is 27.6. The molecule has 39 heavy (non-hydrogen) atoms. The quantitative estimate of drug-likeness (QED) is 0.283. The van der Waals surface area contributed by atoms with Gasteiger partial charge in [0, 0.05) is 61.4 Å². The Kier molecular flexibility index (Phi) is 7.99. The van der Waals surface area contributed by atoms with Crippen molar-refractivity contribution in [3.05, 3.63) is 60.2 Å². The number of fused-ring (bicyclic) bond motifs is 1. The fourth-order valence-corrected chi connectivity index (χ4v) is 4.95. The van der Waals surface area contributed by atoms with E-state index in [1.54, 1.807) is 32.5 Å². The molecule has 11 heteroatoms. The first-order valence-electron chi connectivity index (χ1n) is 13.2. The minimum atomic E-state index is -0.355. The Bertz CT molecular complexity index is 1460. The number of nitrogens with zero attached hydrogens (tertiary/aromatic N) is 6. The van der Waals surface area contributed by atoms with Crippen molar-refractivity contribution in [2.24, 2.45) is 0 Å². The van der Waals surface area contributed by atoms with Crippen LogP contribution in [0.5, 0.6) is 5.75 Å². The maximum atomic E-state index is 12.0. The minimum Gasteiger partial charge on any atom is -0.496 e. The standard InChI is InChI=1S/C28H34N8O3/c1-18(22-7-6-19(28(38)29-2)12-24(22)39-3)14-30-25-13-23(32-17-33-25)20-11-21-16-34-36(27(21)31-15-20)10-9-35-8-4-5-26(35)37/h6-7,11-13,15-18,26,37H,4-5,8-10,14H2,1-3H3,(H,29,38)(H,30,32,33). The van der Waals surface area contributed by atoms with E-state index >= 15 is 0 Å². The number of aromatic nitrogens is 5. The van der Waals surface area contributed by atoms with Gasteiger partial charge in [-0.25, -0.2) is 19.6 Å². The van der Waals surface area contributed by atoms with Gasteiger partial charge in [0.05, 0.1) is 25.5 Å². The fraction of sp³-hybridized carbons (Fsp3) is 0.393. The first kappa shape index (κ1) is 26.5. The van der Waals surface area contributed by atoms with E-state index in [4.69, 9.17) is 4.74 Å². The predicted octanol–water partition coefficient (Wildman–Crippen LogP) is 2.89. The zero-order chi connectivity index (χ0) is 27.4. The Balaban J connectivity index is 1.26. The molecule has 4 aromatic rings. The molecule has 1 aliphatic heterocycles. The summed E-state index contributed by atoms with van der Waals surface area (Å²) in [6.45, 7) is 5.03. The zero-order valence-electron chi connectivity index (χ0n) is 22.5. The molecular weight excluding hydrogens is 496 g/mol. The number of hydrogen-bond acceptors (Lipinski definition) is 9. The molecule has 0 radical (unpaired) electrons. The lowest BCUT2D eigenvalue weighted by Gasteiger charge is -2.19. The van der Waals surface area contributed by atoms with E-state index in [0.29, 0.717) is 30.2 Å². The number of anilines is 1. The first-order chi connectivity index (χ1) is 19.0. The van der Waals surface area contributed by atoms with Crippen LogP contribution < -0.4 is 15.4 Å². The number of carbonyl (C=O) groups excluding carboxylic acids is 1. The van der Waals surface area contributed by atoms with Gasteiger partial charge in [-0.1, -0.05) is 13.0 Å². The van der Waals surface area contributed by atoms with Crippen LogP contribution in [0.4, 0.5) is 5.82 Å². The normalized spacial score (nSPS) is 16.4. The molecule has 1 saturated heterocycles. The maximum absolute atomic E-state index is 12.0. The number of rotatable bonds is 10. The lowest BCUT2D eigenvalue weighted by Crippen LogP contribution is -2.32. The van der Waals surface area contributed by atoms with Crippen LogP contribution in [0.1, 0.15) is 41.6 Å².